The molecule has 1 aromatic carbocycles. The Morgan fingerprint density at radius 1 is 1.26 bits per heavy atom. The summed E-state index contributed by atoms with van der Waals surface area (Å²) in [6.45, 7) is 9.14. The average Bonchev–Trinajstić information content (AvgIpc) is 2.26. The SMILES string of the molecule is C=CCN(CC(=O)O)C(=O)c1c(C)cc(C)cc1C. The molecule has 19 heavy (non-hydrogen) atoms. The van der Waals surface area contributed by atoms with Crippen molar-refractivity contribution in [3.63, 3.8) is 0 Å². The van der Waals surface area contributed by atoms with E-state index >= 15 is 0 Å². The minimum Gasteiger partial charge on any atom is -0.480 e. The van der Waals surface area contributed by atoms with Gasteiger partial charge in [-0.2, -0.15) is 0 Å². The van der Waals surface area contributed by atoms with Gasteiger partial charge in [-0.05, 0) is 31.9 Å². The van der Waals surface area contributed by atoms with E-state index in [1.54, 1.807) is 0 Å². The van der Waals surface area contributed by atoms with E-state index in [-0.39, 0.29) is 19.0 Å². The van der Waals surface area contributed by atoms with Gasteiger partial charge in [0.15, 0.2) is 0 Å². The smallest absolute Gasteiger partial charge is 0.323 e. The minimum absolute atomic E-state index is 0.220. The third kappa shape index (κ3) is 3.68. The average molecular weight is 261 g/mol. The molecule has 1 rings (SSSR count). The Hall–Kier alpha value is -2.10. The van der Waals surface area contributed by atoms with Gasteiger partial charge in [0, 0.05) is 12.1 Å². The van der Waals surface area contributed by atoms with Gasteiger partial charge < -0.3 is 10.0 Å². The first-order valence-electron chi connectivity index (χ1n) is 6.06. The van der Waals surface area contributed by atoms with Crippen molar-refractivity contribution in [1.82, 2.24) is 4.90 Å². The van der Waals surface area contributed by atoms with Crippen LogP contribution in [0.5, 0.6) is 0 Å². The summed E-state index contributed by atoms with van der Waals surface area (Å²) in [6.07, 6.45) is 1.53. The third-order valence-electron chi connectivity index (χ3n) is 2.85. The maximum atomic E-state index is 12.4. The van der Waals surface area contributed by atoms with Gasteiger partial charge in [-0.25, -0.2) is 0 Å². The van der Waals surface area contributed by atoms with Crippen LogP contribution < -0.4 is 0 Å². The number of hydrogen-bond acceptors (Lipinski definition) is 2. The molecule has 1 N–H and O–H groups in total. The van der Waals surface area contributed by atoms with Crippen molar-refractivity contribution in [1.29, 1.82) is 0 Å². The lowest BCUT2D eigenvalue weighted by Crippen LogP contribution is -2.36. The van der Waals surface area contributed by atoms with E-state index in [2.05, 4.69) is 6.58 Å². The summed E-state index contributed by atoms with van der Waals surface area (Å²) in [7, 11) is 0. The van der Waals surface area contributed by atoms with Gasteiger partial charge in [0.25, 0.3) is 5.91 Å². The molecule has 1 aromatic rings. The second-order valence-electron chi connectivity index (χ2n) is 4.64. The number of carbonyl (C=O) groups excluding carboxylic acids is 1. The number of aryl methyl sites for hydroxylation is 3. The second kappa shape index (κ2) is 6.18. The Kier molecular flexibility index (Phi) is 4.87. The van der Waals surface area contributed by atoms with Crippen LogP contribution in [0.3, 0.4) is 0 Å². The minimum atomic E-state index is -1.03. The van der Waals surface area contributed by atoms with Crippen LogP contribution in [-0.4, -0.2) is 35.0 Å². The molecule has 1 amide bonds. The van der Waals surface area contributed by atoms with Gasteiger partial charge >= 0.3 is 5.97 Å². The maximum Gasteiger partial charge on any atom is 0.323 e. The van der Waals surface area contributed by atoms with Crippen molar-refractivity contribution in [2.75, 3.05) is 13.1 Å². The van der Waals surface area contributed by atoms with E-state index in [4.69, 9.17) is 5.11 Å². The fourth-order valence-electron chi connectivity index (χ4n) is 2.21. The number of benzene rings is 1. The van der Waals surface area contributed by atoms with Gasteiger partial charge in [-0.15, -0.1) is 6.58 Å². The van der Waals surface area contributed by atoms with Crippen LogP contribution >= 0.6 is 0 Å². The lowest BCUT2D eigenvalue weighted by Gasteiger charge is -2.21. The normalized spacial score (nSPS) is 10.1. The van der Waals surface area contributed by atoms with Crippen LogP contribution in [0.4, 0.5) is 0 Å². The molecule has 0 aliphatic heterocycles. The first-order chi connectivity index (χ1) is 8.86. The highest BCUT2D eigenvalue weighted by molar-refractivity contribution is 5.98. The lowest BCUT2D eigenvalue weighted by atomic mass is 9.98. The van der Waals surface area contributed by atoms with Crippen molar-refractivity contribution in [3.05, 3.63) is 47.0 Å². The molecule has 0 aliphatic rings. The molecule has 0 unspecified atom stereocenters. The summed E-state index contributed by atoms with van der Waals surface area (Å²) in [6, 6.07) is 3.85. The zero-order valence-electron chi connectivity index (χ0n) is 11.6. The molecule has 0 aromatic heterocycles. The first-order valence-corrected chi connectivity index (χ1v) is 6.06. The molecule has 0 spiro atoms. The fraction of sp³-hybridized carbons (Fsp3) is 0.333. The maximum absolute atomic E-state index is 12.4. The van der Waals surface area contributed by atoms with E-state index in [9.17, 15) is 9.59 Å². The van der Waals surface area contributed by atoms with Crippen LogP contribution in [0.1, 0.15) is 27.0 Å². The van der Waals surface area contributed by atoms with Crippen molar-refractivity contribution in [3.8, 4) is 0 Å². The summed E-state index contributed by atoms with van der Waals surface area (Å²) in [5.74, 6) is -1.30. The van der Waals surface area contributed by atoms with Gasteiger partial charge in [0.1, 0.15) is 6.54 Å². The lowest BCUT2D eigenvalue weighted by molar-refractivity contribution is -0.137. The third-order valence-corrected chi connectivity index (χ3v) is 2.85. The summed E-state index contributed by atoms with van der Waals surface area (Å²) in [5, 5.41) is 8.86. The molecular weight excluding hydrogens is 242 g/mol. The topological polar surface area (TPSA) is 57.6 Å². The molecule has 4 nitrogen and oxygen atoms in total. The van der Waals surface area contributed by atoms with E-state index in [1.807, 2.05) is 32.9 Å². The fourth-order valence-corrected chi connectivity index (χ4v) is 2.21. The molecule has 0 saturated heterocycles. The molecule has 0 aliphatic carbocycles. The van der Waals surface area contributed by atoms with Crippen LogP contribution in [0.15, 0.2) is 24.8 Å². The standard InChI is InChI=1S/C15H19NO3/c1-5-6-16(9-13(17)18)15(19)14-11(3)7-10(2)8-12(14)4/h5,7-8H,1,6,9H2,2-4H3,(H,17,18). The number of amides is 1. The summed E-state index contributed by atoms with van der Waals surface area (Å²) in [5.41, 5.74) is 3.39. The Morgan fingerprint density at radius 2 is 1.79 bits per heavy atom. The van der Waals surface area contributed by atoms with Crippen LogP contribution in [0.25, 0.3) is 0 Å². The molecule has 102 valence electrons. The predicted octanol–water partition coefficient (Wildman–Crippen LogP) is 2.32. The molecule has 0 saturated carbocycles. The zero-order valence-corrected chi connectivity index (χ0v) is 11.6. The summed E-state index contributed by atoms with van der Waals surface area (Å²) < 4.78 is 0. The summed E-state index contributed by atoms with van der Waals surface area (Å²) in [4.78, 5) is 24.5. The van der Waals surface area contributed by atoms with Crippen LogP contribution in [0.2, 0.25) is 0 Å². The number of aliphatic carboxylic acids is 1. The highest BCUT2D eigenvalue weighted by Crippen LogP contribution is 2.18. The summed E-state index contributed by atoms with van der Waals surface area (Å²) >= 11 is 0. The quantitative estimate of drug-likeness (QED) is 0.827. The Labute approximate surface area is 113 Å². The molecule has 0 bridgehead atoms. The van der Waals surface area contributed by atoms with Gasteiger partial charge in [-0.3, -0.25) is 9.59 Å². The molecular formula is C15H19NO3. The zero-order chi connectivity index (χ0) is 14.6. The highest BCUT2D eigenvalue weighted by atomic mass is 16.4. The highest BCUT2D eigenvalue weighted by Gasteiger charge is 2.20. The second-order valence-corrected chi connectivity index (χ2v) is 4.64. The van der Waals surface area contributed by atoms with Crippen LogP contribution in [0, 0.1) is 20.8 Å². The van der Waals surface area contributed by atoms with E-state index in [0.717, 1.165) is 16.7 Å². The van der Waals surface area contributed by atoms with Crippen molar-refractivity contribution in [2.45, 2.75) is 20.8 Å². The van der Waals surface area contributed by atoms with Gasteiger partial charge in [0.05, 0.1) is 0 Å². The van der Waals surface area contributed by atoms with Crippen molar-refractivity contribution in [2.24, 2.45) is 0 Å². The van der Waals surface area contributed by atoms with E-state index in [1.165, 1.54) is 11.0 Å². The van der Waals surface area contributed by atoms with E-state index < -0.39 is 5.97 Å². The van der Waals surface area contributed by atoms with E-state index in [0.29, 0.717) is 5.56 Å². The molecule has 4 heteroatoms. The largest absolute Gasteiger partial charge is 0.480 e. The number of carboxylic acids is 1. The molecule has 0 fully saturated rings. The van der Waals surface area contributed by atoms with Gasteiger partial charge in [-0.1, -0.05) is 23.8 Å². The number of hydrogen-bond donors (Lipinski definition) is 1. The molecule has 0 radical (unpaired) electrons. The van der Waals surface area contributed by atoms with Gasteiger partial charge in [0.2, 0.25) is 0 Å². The van der Waals surface area contributed by atoms with Crippen molar-refractivity contribution < 1.29 is 14.7 Å². The Morgan fingerprint density at radius 3 is 2.21 bits per heavy atom. The Balaban J connectivity index is 3.16. The molecule has 0 atom stereocenters. The van der Waals surface area contributed by atoms with Crippen LogP contribution in [-0.2, 0) is 4.79 Å². The predicted molar refractivity (Wildman–Crippen MR) is 74.4 cm³/mol. The number of rotatable bonds is 5. The van der Waals surface area contributed by atoms with Crippen molar-refractivity contribution >= 4 is 11.9 Å². The molecule has 0 heterocycles. The number of nitrogens with zero attached hydrogens (tertiary/aromatic N) is 1. The monoisotopic (exact) mass is 261 g/mol. The Bertz CT molecular complexity index is 497. The number of carbonyl (C=O) groups is 2. The number of carboxylic acid groups (broad SMARTS) is 1. The first kappa shape index (κ1) is 15.0.